The number of hydrogen-bond acceptors (Lipinski definition) is 2. The first kappa shape index (κ1) is 20.6. The van der Waals surface area contributed by atoms with Crippen molar-refractivity contribution in [2.75, 3.05) is 0 Å². The van der Waals surface area contributed by atoms with Crippen molar-refractivity contribution in [1.29, 1.82) is 0 Å². The van der Waals surface area contributed by atoms with Gasteiger partial charge in [-0.1, -0.05) is 61.1 Å². The van der Waals surface area contributed by atoms with Gasteiger partial charge in [0.1, 0.15) is 5.78 Å². The van der Waals surface area contributed by atoms with Crippen LogP contribution in [0.2, 0.25) is 0 Å². The Morgan fingerprint density at radius 3 is 2.81 bits per heavy atom. The number of carbonyl (C=O) groups is 1. The summed E-state index contributed by atoms with van der Waals surface area (Å²) in [6, 6.07) is 10.4. The second-order valence-corrected chi connectivity index (χ2v) is 7.63. The molecule has 0 radical (unpaired) electrons. The van der Waals surface area contributed by atoms with Crippen LogP contribution in [0.4, 0.5) is 0 Å². The lowest BCUT2D eigenvalue weighted by Crippen LogP contribution is -2.08. The molecule has 0 heterocycles. The van der Waals surface area contributed by atoms with Gasteiger partial charge in [0.15, 0.2) is 0 Å². The van der Waals surface area contributed by atoms with Crippen LogP contribution in [0.3, 0.4) is 0 Å². The fraction of sp³-hybridized carbons (Fsp3) is 0.542. The van der Waals surface area contributed by atoms with Gasteiger partial charge in [0.25, 0.3) is 0 Å². The number of rotatable bonds is 11. The van der Waals surface area contributed by atoms with Crippen molar-refractivity contribution in [3.63, 3.8) is 0 Å². The molecular weight excluding hydrogens is 320 g/mol. The van der Waals surface area contributed by atoms with Gasteiger partial charge in [-0.15, -0.1) is 0 Å². The van der Waals surface area contributed by atoms with E-state index in [1.807, 2.05) is 24.3 Å². The molecule has 0 spiro atoms. The minimum atomic E-state index is -0.349. The minimum absolute atomic E-state index is 0.283. The first-order valence-electron chi connectivity index (χ1n) is 10.2. The second-order valence-electron chi connectivity index (χ2n) is 7.63. The number of hydrogen-bond donors (Lipinski definition) is 1. The monoisotopic (exact) mass is 354 g/mol. The van der Waals surface area contributed by atoms with E-state index in [9.17, 15) is 9.90 Å². The van der Waals surface area contributed by atoms with E-state index < -0.39 is 0 Å². The third-order valence-electron chi connectivity index (χ3n) is 5.38. The molecule has 0 saturated heterocycles. The van der Waals surface area contributed by atoms with E-state index in [-0.39, 0.29) is 11.9 Å². The Kier molecular flexibility index (Phi) is 9.41. The lowest BCUT2D eigenvalue weighted by atomic mass is 9.91. The molecule has 2 heteroatoms. The summed E-state index contributed by atoms with van der Waals surface area (Å²) >= 11 is 0. The zero-order valence-electron chi connectivity index (χ0n) is 16.1. The number of Topliss-reactive ketones (excluding diaryl/α,β-unsaturated/α-hetero) is 1. The van der Waals surface area contributed by atoms with E-state index in [2.05, 4.69) is 30.4 Å². The molecule has 2 rings (SSSR count). The van der Waals surface area contributed by atoms with Gasteiger partial charge in [0.2, 0.25) is 0 Å². The predicted molar refractivity (Wildman–Crippen MR) is 109 cm³/mol. The van der Waals surface area contributed by atoms with E-state index in [1.165, 1.54) is 24.8 Å². The van der Waals surface area contributed by atoms with Crippen LogP contribution in [-0.2, 0) is 11.2 Å². The molecular formula is C24H34O2. The number of benzene rings is 1. The van der Waals surface area contributed by atoms with Gasteiger partial charge in [-0.3, -0.25) is 0 Å². The standard InChI is InChI=1S/C24H34O2/c1-20(25)10-5-2-3-8-13-22-14-9-15-23(22)17-19-24(26)18-16-21-11-6-4-7-12-21/h3-4,6-8,11-12,17,19,22-24,26H,2,5,9-10,13-16,18H2,1H3/b8-3-,19-17+/t22-,23+,24-/m0/s1. The molecule has 0 bridgehead atoms. The molecule has 0 aliphatic heterocycles. The maximum atomic E-state index is 10.9. The van der Waals surface area contributed by atoms with Crippen molar-refractivity contribution in [3.05, 3.63) is 60.2 Å². The normalized spacial score (nSPS) is 21.6. The van der Waals surface area contributed by atoms with Crippen LogP contribution in [-0.4, -0.2) is 17.0 Å². The van der Waals surface area contributed by atoms with Gasteiger partial charge in [0, 0.05) is 6.42 Å². The van der Waals surface area contributed by atoms with E-state index >= 15 is 0 Å². The van der Waals surface area contributed by atoms with E-state index in [0.717, 1.165) is 32.1 Å². The highest BCUT2D eigenvalue weighted by atomic mass is 16.3. The fourth-order valence-corrected chi connectivity index (χ4v) is 3.80. The summed E-state index contributed by atoms with van der Waals surface area (Å²) in [5.41, 5.74) is 1.29. The largest absolute Gasteiger partial charge is 0.389 e. The fourth-order valence-electron chi connectivity index (χ4n) is 3.80. The number of aliphatic hydroxyl groups is 1. The quantitative estimate of drug-likeness (QED) is 0.411. The Balaban J connectivity index is 1.68. The van der Waals surface area contributed by atoms with Crippen LogP contribution >= 0.6 is 0 Å². The molecule has 3 atom stereocenters. The zero-order chi connectivity index (χ0) is 18.6. The van der Waals surface area contributed by atoms with Crippen LogP contribution in [0.1, 0.15) is 63.9 Å². The molecule has 1 saturated carbocycles. The van der Waals surface area contributed by atoms with Gasteiger partial charge >= 0.3 is 0 Å². The Labute approximate surface area is 159 Å². The molecule has 142 valence electrons. The number of ketones is 1. The molecule has 2 nitrogen and oxygen atoms in total. The molecule has 0 amide bonds. The smallest absolute Gasteiger partial charge is 0.129 e. The van der Waals surface area contributed by atoms with Gasteiger partial charge in [-0.2, -0.15) is 0 Å². The Morgan fingerprint density at radius 1 is 1.23 bits per heavy atom. The SMILES string of the molecule is CC(=O)CCC/C=C\C[C@H]1CCC[C@@H]1/C=C/[C@@H](O)CCc1ccccc1. The predicted octanol–water partition coefficient (Wildman–Crippen LogP) is 5.66. The summed E-state index contributed by atoms with van der Waals surface area (Å²) in [4.78, 5) is 10.9. The molecule has 1 aliphatic carbocycles. The van der Waals surface area contributed by atoms with Crippen LogP contribution in [0.5, 0.6) is 0 Å². The summed E-state index contributed by atoms with van der Waals surface area (Å²) in [6.07, 6.45) is 17.8. The minimum Gasteiger partial charge on any atom is -0.389 e. The molecule has 1 aromatic rings. The third-order valence-corrected chi connectivity index (χ3v) is 5.38. The highest BCUT2D eigenvalue weighted by Crippen LogP contribution is 2.35. The molecule has 1 fully saturated rings. The number of aryl methyl sites for hydroxylation is 1. The highest BCUT2D eigenvalue weighted by molar-refractivity contribution is 5.75. The van der Waals surface area contributed by atoms with Gasteiger partial charge in [-0.25, -0.2) is 0 Å². The van der Waals surface area contributed by atoms with Crippen molar-refractivity contribution in [1.82, 2.24) is 0 Å². The zero-order valence-corrected chi connectivity index (χ0v) is 16.1. The first-order chi connectivity index (χ1) is 12.6. The summed E-state index contributed by atoms with van der Waals surface area (Å²) < 4.78 is 0. The van der Waals surface area contributed by atoms with Crippen molar-refractivity contribution in [3.8, 4) is 0 Å². The summed E-state index contributed by atoms with van der Waals surface area (Å²) in [5.74, 6) is 1.59. The van der Waals surface area contributed by atoms with Gasteiger partial charge in [0.05, 0.1) is 6.10 Å². The lowest BCUT2D eigenvalue weighted by Gasteiger charge is -2.15. The van der Waals surface area contributed by atoms with Crippen LogP contribution < -0.4 is 0 Å². The average molecular weight is 355 g/mol. The highest BCUT2D eigenvalue weighted by Gasteiger charge is 2.24. The van der Waals surface area contributed by atoms with Crippen molar-refractivity contribution < 1.29 is 9.90 Å². The van der Waals surface area contributed by atoms with E-state index in [1.54, 1.807) is 6.92 Å². The molecule has 0 aromatic heterocycles. The van der Waals surface area contributed by atoms with Gasteiger partial charge < -0.3 is 9.90 Å². The molecule has 1 aromatic carbocycles. The molecule has 0 unspecified atom stereocenters. The van der Waals surface area contributed by atoms with Crippen molar-refractivity contribution in [2.24, 2.45) is 11.8 Å². The number of aliphatic hydroxyl groups excluding tert-OH is 1. The second kappa shape index (κ2) is 11.9. The molecule has 1 N–H and O–H groups in total. The lowest BCUT2D eigenvalue weighted by molar-refractivity contribution is -0.117. The first-order valence-corrected chi connectivity index (χ1v) is 10.2. The summed E-state index contributed by atoms with van der Waals surface area (Å²) in [5, 5.41) is 10.2. The van der Waals surface area contributed by atoms with E-state index in [0.29, 0.717) is 18.3 Å². The maximum Gasteiger partial charge on any atom is 0.129 e. The molecule has 26 heavy (non-hydrogen) atoms. The van der Waals surface area contributed by atoms with E-state index in [4.69, 9.17) is 0 Å². The Hall–Kier alpha value is -1.67. The summed E-state index contributed by atoms with van der Waals surface area (Å²) in [7, 11) is 0. The number of allylic oxidation sites excluding steroid dienone is 3. The van der Waals surface area contributed by atoms with Crippen LogP contribution in [0.25, 0.3) is 0 Å². The number of unbranched alkanes of at least 4 members (excludes halogenated alkanes) is 1. The third kappa shape index (κ3) is 8.14. The van der Waals surface area contributed by atoms with Crippen LogP contribution in [0, 0.1) is 11.8 Å². The summed E-state index contributed by atoms with van der Waals surface area (Å²) in [6.45, 7) is 1.66. The van der Waals surface area contributed by atoms with Crippen molar-refractivity contribution >= 4 is 5.78 Å². The Morgan fingerprint density at radius 2 is 2.04 bits per heavy atom. The van der Waals surface area contributed by atoms with Gasteiger partial charge in [-0.05, 0) is 69.3 Å². The Bertz CT molecular complexity index is 573. The molecule has 1 aliphatic rings. The maximum absolute atomic E-state index is 10.9. The van der Waals surface area contributed by atoms with Crippen LogP contribution in [0.15, 0.2) is 54.6 Å². The number of carbonyl (C=O) groups excluding carboxylic acids is 1. The van der Waals surface area contributed by atoms with Crippen molar-refractivity contribution in [2.45, 2.75) is 70.8 Å². The average Bonchev–Trinajstić information content (AvgIpc) is 3.09. The topological polar surface area (TPSA) is 37.3 Å².